The summed E-state index contributed by atoms with van der Waals surface area (Å²) >= 11 is 0. The van der Waals surface area contributed by atoms with Crippen molar-refractivity contribution in [2.75, 3.05) is 27.7 Å². The molecule has 20 heavy (non-hydrogen) atoms. The number of esters is 1. The van der Waals surface area contributed by atoms with Crippen molar-refractivity contribution in [1.29, 1.82) is 0 Å². The molecular formula is C16H30N2O2. The Morgan fingerprint density at radius 3 is 2.60 bits per heavy atom. The van der Waals surface area contributed by atoms with Crippen molar-refractivity contribution >= 4 is 5.97 Å². The smallest absolute Gasteiger partial charge is 0.326 e. The van der Waals surface area contributed by atoms with E-state index in [4.69, 9.17) is 4.74 Å². The van der Waals surface area contributed by atoms with Gasteiger partial charge in [-0.25, -0.2) is 0 Å². The Hall–Kier alpha value is -0.610. The highest BCUT2D eigenvalue weighted by atomic mass is 16.5. The fourth-order valence-electron chi connectivity index (χ4n) is 4.24. The summed E-state index contributed by atoms with van der Waals surface area (Å²) in [4.78, 5) is 14.7. The molecule has 0 aliphatic heterocycles. The second kappa shape index (κ2) is 6.90. The SMILES string of the molecule is CNC1(C(=O)OC)CCCC1CCN(C)C1CCCC1. The molecule has 1 N–H and O–H groups in total. The number of nitrogens with zero attached hydrogens (tertiary/aromatic N) is 1. The maximum Gasteiger partial charge on any atom is 0.326 e. The number of nitrogens with one attached hydrogen (secondary N) is 1. The third kappa shape index (κ3) is 3.01. The molecule has 0 bridgehead atoms. The van der Waals surface area contributed by atoms with Crippen LogP contribution in [0.3, 0.4) is 0 Å². The van der Waals surface area contributed by atoms with Crippen LogP contribution < -0.4 is 5.32 Å². The monoisotopic (exact) mass is 282 g/mol. The number of hydrogen-bond donors (Lipinski definition) is 1. The van der Waals surface area contributed by atoms with E-state index in [1.807, 2.05) is 7.05 Å². The molecule has 4 nitrogen and oxygen atoms in total. The van der Waals surface area contributed by atoms with E-state index in [1.165, 1.54) is 32.8 Å². The van der Waals surface area contributed by atoms with Gasteiger partial charge in [-0.1, -0.05) is 19.3 Å². The van der Waals surface area contributed by atoms with E-state index < -0.39 is 5.54 Å². The largest absolute Gasteiger partial charge is 0.468 e. The van der Waals surface area contributed by atoms with E-state index >= 15 is 0 Å². The number of rotatable bonds is 6. The van der Waals surface area contributed by atoms with Crippen LogP contribution in [0, 0.1) is 5.92 Å². The van der Waals surface area contributed by atoms with E-state index in [9.17, 15) is 4.79 Å². The number of likely N-dealkylation sites (N-methyl/N-ethyl adjacent to an activating group) is 1. The molecule has 2 rings (SSSR count). The zero-order chi connectivity index (χ0) is 14.6. The van der Waals surface area contributed by atoms with E-state index in [0.717, 1.165) is 38.3 Å². The van der Waals surface area contributed by atoms with Gasteiger partial charge in [-0.3, -0.25) is 4.79 Å². The first kappa shape index (κ1) is 15.8. The van der Waals surface area contributed by atoms with Gasteiger partial charge in [0.05, 0.1) is 7.11 Å². The second-order valence-corrected chi connectivity index (χ2v) is 6.51. The van der Waals surface area contributed by atoms with Gasteiger partial charge in [-0.05, 0) is 58.7 Å². The van der Waals surface area contributed by atoms with Gasteiger partial charge in [0.2, 0.25) is 0 Å². The lowest BCUT2D eigenvalue weighted by Gasteiger charge is -2.34. The lowest BCUT2D eigenvalue weighted by atomic mass is 9.84. The fourth-order valence-corrected chi connectivity index (χ4v) is 4.24. The quantitative estimate of drug-likeness (QED) is 0.758. The Balaban J connectivity index is 1.91. The van der Waals surface area contributed by atoms with Crippen molar-refractivity contribution in [2.45, 2.75) is 62.9 Å². The van der Waals surface area contributed by atoms with Crippen LogP contribution in [0.15, 0.2) is 0 Å². The highest BCUT2D eigenvalue weighted by Crippen LogP contribution is 2.39. The zero-order valence-corrected chi connectivity index (χ0v) is 13.3. The van der Waals surface area contributed by atoms with Crippen LogP contribution in [-0.4, -0.2) is 50.2 Å². The molecule has 0 aromatic rings. The topological polar surface area (TPSA) is 41.6 Å². The summed E-state index contributed by atoms with van der Waals surface area (Å²) in [6.07, 6.45) is 9.69. The van der Waals surface area contributed by atoms with Crippen molar-refractivity contribution in [3.8, 4) is 0 Å². The van der Waals surface area contributed by atoms with Gasteiger partial charge in [0, 0.05) is 6.04 Å². The van der Waals surface area contributed by atoms with Crippen molar-refractivity contribution in [2.24, 2.45) is 5.92 Å². The van der Waals surface area contributed by atoms with Crippen LogP contribution in [0.2, 0.25) is 0 Å². The van der Waals surface area contributed by atoms with E-state index in [2.05, 4.69) is 17.3 Å². The third-order valence-corrected chi connectivity index (χ3v) is 5.59. The maximum absolute atomic E-state index is 12.2. The molecule has 116 valence electrons. The Morgan fingerprint density at radius 2 is 2.00 bits per heavy atom. The molecule has 2 aliphatic carbocycles. The predicted molar refractivity (Wildman–Crippen MR) is 80.7 cm³/mol. The Labute approximate surface area is 123 Å². The summed E-state index contributed by atoms with van der Waals surface area (Å²) in [6.45, 7) is 1.09. The number of methoxy groups -OCH3 is 1. The minimum atomic E-state index is -0.439. The third-order valence-electron chi connectivity index (χ3n) is 5.59. The van der Waals surface area contributed by atoms with Crippen molar-refractivity contribution in [3.63, 3.8) is 0 Å². The molecule has 2 unspecified atom stereocenters. The van der Waals surface area contributed by atoms with Crippen LogP contribution in [0.5, 0.6) is 0 Å². The van der Waals surface area contributed by atoms with Gasteiger partial charge in [-0.2, -0.15) is 0 Å². The van der Waals surface area contributed by atoms with Crippen LogP contribution in [-0.2, 0) is 9.53 Å². The molecule has 0 amide bonds. The Kier molecular flexibility index (Phi) is 5.44. The van der Waals surface area contributed by atoms with Crippen LogP contribution >= 0.6 is 0 Å². The normalized spacial score (nSPS) is 31.1. The molecule has 2 saturated carbocycles. The first-order valence-corrected chi connectivity index (χ1v) is 8.11. The maximum atomic E-state index is 12.2. The first-order chi connectivity index (χ1) is 9.64. The van der Waals surface area contributed by atoms with Crippen molar-refractivity contribution in [3.05, 3.63) is 0 Å². The number of carbonyl (C=O) groups is 1. The van der Waals surface area contributed by atoms with Gasteiger partial charge in [0.25, 0.3) is 0 Å². The molecule has 0 spiro atoms. The average Bonchev–Trinajstić information content (AvgIpc) is 3.13. The highest BCUT2D eigenvalue weighted by molar-refractivity contribution is 5.81. The van der Waals surface area contributed by atoms with E-state index in [0.29, 0.717) is 5.92 Å². The molecule has 0 aromatic heterocycles. The van der Waals surface area contributed by atoms with Crippen LogP contribution in [0.1, 0.15) is 51.4 Å². The Morgan fingerprint density at radius 1 is 1.30 bits per heavy atom. The van der Waals surface area contributed by atoms with Crippen LogP contribution in [0.4, 0.5) is 0 Å². The van der Waals surface area contributed by atoms with E-state index in [-0.39, 0.29) is 5.97 Å². The van der Waals surface area contributed by atoms with Crippen LogP contribution in [0.25, 0.3) is 0 Å². The first-order valence-electron chi connectivity index (χ1n) is 8.11. The summed E-state index contributed by atoms with van der Waals surface area (Å²) < 4.78 is 5.05. The minimum absolute atomic E-state index is 0.0778. The van der Waals surface area contributed by atoms with Gasteiger partial charge in [-0.15, -0.1) is 0 Å². The highest BCUT2D eigenvalue weighted by Gasteiger charge is 2.48. The predicted octanol–water partition coefficient (Wildman–Crippen LogP) is 2.18. The molecule has 0 heterocycles. The molecule has 0 radical (unpaired) electrons. The zero-order valence-electron chi connectivity index (χ0n) is 13.3. The van der Waals surface area contributed by atoms with Gasteiger partial charge in [0.1, 0.15) is 5.54 Å². The standard InChI is InChI=1S/C16H30N2O2/c1-17-16(15(19)20-3)11-6-7-13(16)10-12-18(2)14-8-4-5-9-14/h13-14,17H,4-12H2,1-3H3. The summed E-state index contributed by atoms with van der Waals surface area (Å²) in [6, 6.07) is 0.763. The van der Waals surface area contributed by atoms with Crippen molar-refractivity contribution in [1.82, 2.24) is 10.2 Å². The van der Waals surface area contributed by atoms with Crippen molar-refractivity contribution < 1.29 is 9.53 Å². The minimum Gasteiger partial charge on any atom is -0.468 e. The molecule has 2 aliphatic rings. The number of ether oxygens (including phenoxy) is 1. The molecule has 2 atom stereocenters. The lowest BCUT2D eigenvalue weighted by molar-refractivity contribution is -0.150. The second-order valence-electron chi connectivity index (χ2n) is 6.51. The number of carbonyl (C=O) groups excluding carboxylic acids is 1. The molecule has 4 heteroatoms. The Bertz CT molecular complexity index is 328. The van der Waals surface area contributed by atoms with E-state index in [1.54, 1.807) is 0 Å². The van der Waals surface area contributed by atoms with Gasteiger partial charge in [0.15, 0.2) is 0 Å². The summed E-state index contributed by atoms with van der Waals surface area (Å²) in [7, 11) is 5.64. The number of hydrogen-bond acceptors (Lipinski definition) is 4. The fraction of sp³-hybridized carbons (Fsp3) is 0.938. The average molecular weight is 282 g/mol. The van der Waals surface area contributed by atoms with Gasteiger partial charge < -0.3 is 15.0 Å². The molecule has 0 aromatic carbocycles. The van der Waals surface area contributed by atoms with Gasteiger partial charge >= 0.3 is 5.97 Å². The molecular weight excluding hydrogens is 252 g/mol. The summed E-state index contributed by atoms with van der Waals surface area (Å²) in [5.41, 5.74) is -0.439. The summed E-state index contributed by atoms with van der Waals surface area (Å²) in [5.74, 6) is 0.329. The molecule has 0 saturated heterocycles. The molecule has 2 fully saturated rings. The summed E-state index contributed by atoms with van der Waals surface area (Å²) in [5, 5.41) is 3.28. The lowest BCUT2D eigenvalue weighted by Crippen LogP contribution is -2.54.